The van der Waals surface area contributed by atoms with Crippen molar-refractivity contribution in [3.8, 4) is 0 Å². The Labute approximate surface area is 44.9 Å². The molecule has 0 heterocycles. The van der Waals surface area contributed by atoms with Gasteiger partial charge < -0.3 is 15.5 Å². The number of hydrogen-bond acceptors (Lipinski definition) is 2. The van der Waals surface area contributed by atoms with Gasteiger partial charge in [-0.05, 0) is 0 Å². The molecule has 0 bridgehead atoms. The Morgan fingerprint density at radius 2 is 2.00 bits per heavy atom. The normalized spacial score (nSPS) is 10.8. The predicted molar refractivity (Wildman–Crippen MR) is 24.8 cm³/mol. The second-order valence-electron chi connectivity index (χ2n) is 1.02. The van der Waals surface area contributed by atoms with Gasteiger partial charge in [0.05, 0.1) is 0 Å². The summed E-state index contributed by atoms with van der Waals surface area (Å²) in [6.45, 7) is 0. The lowest BCUT2D eigenvalue weighted by Gasteiger charge is -1.99. The number of amides is 2. The third kappa shape index (κ3) is 5.42. The molecule has 5 N–H and O–H groups in total. The highest BCUT2D eigenvalue weighted by molar-refractivity contribution is 7.50. The lowest BCUT2D eigenvalue weighted by Crippen LogP contribution is -2.26. The Bertz CT molecular complexity index is 137. The molecule has 6 nitrogen and oxygen atoms in total. The highest BCUT2D eigenvalue weighted by Gasteiger charge is 2.13. The average molecular weight is 140 g/mol. The van der Waals surface area contributed by atoms with E-state index in [1.807, 2.05) is 0 Å². The van der Waals surface area contributed by atoms with Gasteiger partial charge in [-0.2, -0.15) is 0 Å². The van der Waals surface area contributed by atoms with Crippen molar-refractivity contribution in [1.29, 1.82) is 0 Å². The SMILES string of the molecule is NC(=O)NP(=O)(O)O. The third-order valence-electron chi connectivity index (χ3n) is 0.256. The van der Waals surface area contributed by atoms with Gasteiger partial charge in [0.15, 0.2) is 0 Å². The number of urea groups is 1. The van der Waals surface area contributed by atoms with Crippen LogP contribution in [0.4, 0.5) is 4.79 Å². The number of rotatable bonds is 1. The van der Waals surface area contributed by atoms with Gasteiger partial charge in [0.2, 0.25) is 0 Å². The molecular weight excluding hydrogens is 135 g/mol. The summed E-state index contributed by atoms with van der Waals surface area (Å²) >= 11 is 0. The fourth-order valence-corrected chi connectivity index (χ4v) is 0.431. The van der Waals surface area contributed by atoms with Crippen LogP contribution in [0.1, 0.15) is 0 Å². The standard InChI is InChI=1S/CH5N2O4P/c2-1(4)3-8(5,6)7/h(H5,2,3,4,5,6,7). The summed E-state index contributed by atoms with van der Waals surface area (Å²) in [4.78, 5) is 25.4. The molecule has 0 spiro atoms. The summed E-state index contributed by atoms with van der Waals surface area (Å²) in [5.41, 5.74) is 4.34. The molecule has 0 radical (unpaired) electrons. The Morgan fingerprint density at radius 3 is 2.00 bits per heavy atom. The zero-order valence-electron chi connectivity index (χ0n) is 3.74. The van der Waals surface area contributed by atoms with E-state index in [-0.39, 0.29) is 0 Å². The molecule has 0 unspecified atom stereocenters. The number of nitrogens with two attached hydrogens (primary N) is 1. The summed E-state index contributed by atoms with van der Waals surface area (Å²) in [5, 5.41) is 1.19. The highest BCUT2D eigenvalue weighted by Crippen LogP contribution is 2.26. The van der Waals surface area contributed by atoms with Crippen LogP contribution in [0.15, 0.2) is 0 Å². The molecule has 0 aromatic heterocycles. The van der Waals surface area contributed by atoms with Crippen LogP contribution in [0.2, 0.25) is 0 Å². The lowest BCUT2D eigenvalue weighted by atomic mass is 11.2. The summed E-state index contributed by atoms with van der Waals surface area (Å²) in [5.74, 6) is 0. The van der Waals surface area contributed by atoms with Gasteiger partial charge >= 0.3 is 13.8 Å². The van der Waals surface area contributed by atoms with Gasteiger partial charge in [0.25, 0.3) is 0 Å². The fourth-order valence-electron chi connectivity index (χ4n) is 0.144. The van der Waals surface area contributed by atoms with E-state index in [1.165, 1.54) is 5.09 Å². The molecule has 0 fully saturated rings. The number of carbonyl (C=O) groups is 1. The first-order chi connectivity index (χ1) is 3.42. The van der Waals surface area contributed by atoms with Crippen molar-refractivity contribution in [3.63, 3.8) is 0 Å². The maximum absolute atomic E-state index is 9.72. The van der Waals surface area contributed by atoms with E-state index in [9.17, 15) is 9.36 Å². The van der Waals surface area contributed by atoms with Gasteiger partial charge in [0.1, 0.15) is 0 Å². The van der Waals surface area contributed by atoms with Crippen molar-refractivity contribution >= 4 is 13.8 Å². The van der Waals surface area contributed by atoms with E-state index >= 15 is 0 Å². The number of carbonyl (C=O) groups excluding carboxylic acids is 1. The van der Waals surface area contributed by atoms with Crippen molar-refractivity contribution < 1.29 is 19.1 Å². The van der Waals surface area contributed by atoms with Gasteiger partial charge in [0, 0.05) is 0 Å². The van der Waals surface area contributed by atoms with Crippen molar-refractivity contribution in [3.05, 3.63) is 0 Å². The van der Waals surface area contributed by atoms with E-state index in [1.54, 1.807) is 0 Å². The molecule has 7 heteroatoms. The van der Waals surface area contributed by atoms with Crippen molar-refractivity contribution in [2.75, 3.05) is 0 Å². The van der Waals surface area contributed by atoms with E-state index < -0.39 is 13.8 Å². The lowest BCUT2D eigenvalue weighted by molar-refractivity contribution is 0.250. The van der Waals surface area contributed by atoms with E-state index in [0.717, 1.165) is 0 Å². The molecule has 0 aliphatic rings. The van der Waals surface area contributed by atoms with Crippen LogP contribution in [0.25, 0.3) is 0 Å². The molecule has 0 rings (SSSR count). The molecule has 0 saturated carbocycles. The smallest absolute Gasteiger partial charge is 0.351 e. The van der Waals surface area contributed by atoms with Crippen LogP contribution >= 0.6 is 7.75 Å². The molecule has 0 saturated heterocycles. The second kappa shape index (κ2) is 2.13. The third-order valence-corrected chi connectivity index (χ3v) is 0.768. The molecule has 8 heavy (non-hydrogen) atoms. The van der Waals surface area contributed by atoms with Crippen LogP contribution < -0.4 is 10.8 Å². The summed E-state index contributed by atoms with van der Waals surface area (Å²) in [6.07, 6.45) is 0. The Hall–Kier alpha value is -0.580. The molecule has 0 atom stereocenters. The van der Waals surface area contributed by atoms with Crippen LogP contribution in [0.5, 0.6) is 0 Å². The van der Waals surface area contributed by atoms with Crippen LogP contribution in [-0.4, -0.2) is 15.8 Å². The monoisotopic (exact) mass is 140 g/mol. The minimum absolute atomic E-state index is 1.19. The molecule has 48 valence electrons. The molecule has 0 aliphatic heterocycles. The van der Waals surface area contributed by atoms with Gasteiger partial charge in [-0.1, -0.05) is 0 Å². The number of nitrogens with one attached hydrogen (secondary N) is 1. The van der Waals surface area contributed by atoms with Crippen LogP contribution in [-0.2, 0) is 4.57 Å². The Kier molecular flexibility index (Phi) is 1.97. The quantitative estimate of drug-likeness (QED) is 0.340. The molecule has 0 aromatic carbocycles. The minimum atomic E-state index is -4.45. The summed E-state index contributed by atoms with van der Waals surface area (Å²) in [7, 11) is -4.45. The average Bonchev–Trinajstić information content (AvgIpc) is 1.21. The largest absolute Gasteiger partial charge is 0.431 e. The molecule has 0 aliphatic carbocycles. The Balaban J connectivity index is 3.74. The van der Waals surface area contributed by atoms with Crippen molar-refractivity contribution in [2.24, 2.45) is 5.73 Å². The molecule has 2 amide bonds. The maximum atomic E-state index is 9.72. The fraction of sp³-hybridized carbons (Fsp3) is 0. The first-order valence-electron chi connectivity index (χ1n) is 1.55. The molecule has 0 aromatic rings. The second-order valence-corrected chi connectivity index (χ2v) is 2.33. The summed E-state index contributed by atoms with van der Waals surface area (Å²) < 4.78 is 9.72. The van der Waals surface area contributed by atoms with E-state index in [2.05, 4.69) is 5.73 Å². The number of primary amides is 1. The first-order valence-corrected chi connectivity index (χ1v) is 3.16. The van der Waals surface area contributed by atoms with E-state index in [4.69, 9.17) is 9.79 Å². The van der Waals surface area contributed by atoms with E-state index in [0.29, 0.717) is 0 Å². The maximum Gasteiger partial charge on any atom is 0.431 e. The first kappa shape index (κ1) is 7.42. The number of hydrogen-bond donors (Lipinski definition) is 4. The summed E-state index contributed by atoms with van der Waals surface area (Å²) in [6, 6.07) is -1.24. The topological polar surface area (TPSA) is 113 Å². The van der Waals surface area contributed by atoms with Gasteiger partial charge in [-0.25, -0.2) is 14.4 Å². The van der Waals surface area contributed by atoms with Crippen LogP contribution in [0, 0.1) is 0 Å². The zero-order valence-corrected chi connectivity index (χ0v) is 4.63. The van der Waals surface area contributed by atoms with Gasteiger partial charge in [-0.3, -0.25) is 0 Å². The van der Waals surface area contributed by atoms with Crippen LogP contribution in [0.3, 0.4) is 0 Å². The minimum Gasteiger partial charge on any atom is -0.351 e. The zero-order chi connectivity index (χ0) is 6.78. The van der Waals surface area contributed by atoms with Gasteiger partial charge in [-0.15, -0.1) is 0 Å². The Morgan fingerprint density at radius 1 is 1.62 bits per heavy atom. The van der Waals surface area contributed by atoms with Crippen molar-refractivity contribution in [2.45, 2.75) is 0 Å². The van der Waals surface area contributed by atoms with Crippen molar-refractivity contribution in [1.82, 2.24) is 5.09 Å². The molecular formula is CH5N2O4P. The predicted octanol–water partition coefficient (Wildman–Crippen LogP) is -1.25. The highest BCUT2D eigenvalue weighted by atomic mass is 31.2.